The normalized spacial score (nSPS) is 17.9. The Bertz CT molecular complexity index is 943. The minimum absolute atomic E-state index is 0.196. The second-order valence-corrected chi connectivity index (χ2v) is 7.54. The van der Waals surface area contributed by atoms with E-state index in [1.54, 1.807) is 11.0 Å². The van der Waals surface area contributed by atoms with Crippen molar-refractivity contribution in [2.24, 2.45) is 5.10 Å². The van der Waals surface area contributed by atoms with Gasteiger partial charge in [0.1, 0.15) is 18.3 Å². The predicted octanol–water partition coefficient (Wildman–Crippen LogP) is 2.06. The van der Waals surface area contributed by atoms with Crippen LogP contribution < -0.4 is 9.80 Å². The van der Waals surface area contributed by atoms with Crippen LogP contribution in [0.5, 0.6) is 0 Å². The number of nitrogens with zero attached hydrogens (tertiary/aromatic N) is 4. The summed E-state index contributed by atoms with van der Waals surface area (Å²) in [5, 5.41) is 5.58. The number of anilines is 2. The zero-order valence-electron chi connectivity index (χ0n) is 17.7. The standard InChI is InChI=1S/C20H23FN4O6S/c1-13(26)30-11-18(27)25-8-7-23(12-22-25)17-5-3-14(9-16(17)21)24-10-15(31-20(24)28)4-6-19(32)29-2/h3,5,9,12,15H,4,6-8,10-11H2,1-2H3/t15-/m0/s1. The Kier molecular flexibility index (Phi) is 7.57. The van der Waals surface area contributed by atoms with Crippen molar-refractivity contribution >= 4 is 53.0 Å². The van der Waals surface area contributed by atoms with E-state index in [0.29, 0.717) is 30.1 Å². The molecule has 0 unspecified atom stereocenters. The minimum Gasteiger partial charge on any atom is -0.490 e. The van der Waals surface area contributed by atoms with E-state index in [2.05, 4.69) is 9.84 Å². The summed E-state index contributed by atoms with van der Waals surface area (Å²) in [4.78, 5) is 37.9. The van der Waals surface area contributed by atoms with Crippen molar-refractivity contribution in [1.82, 2.24) is 5.01 Å². The average molecular weight is 466 g/mol. The summed E-state index contributed by atoms with van der Waals surface area (Å²) in [6, 6.07) is 4.41. The van der Waals surface area contributed by atoms with Crippen molar-refractivity contribution in [3.8, 4) is 0 Å². The van der Waals surface area contributed by atoms with E-state index in [4.69, 9.17) is 21.7 Å². The summed E-state index contributed by atoms with van der Waals surface area (Å²) in [6.07, 6.45) is 1.42. The average Bonchev–Trinajstić information content (AvgIpc) is 3.16. The molecule has 0 N–H and O–H groups in total. The van der Waals surface area contributed by atoms with Crippen molar-refractivity contribution in [1.29, 1.82) is 0 Å². The number of amides is 2. The molecular formula is C20H23FN4O6S. The summed E-state index contributed by atoms with van der Waals surface area (Å²) in [5.41, 5.74) is 0.624. The molecule has 0 bridgehead atoms. The lowest BCUT2D eigenvalue weighted by Gasteiger charge is -2.29. The largest absolute Gasteiger partial charge is 0.490 e. The van der Waals surface area contributed by atoms with Crippen molar-refractivity contribution in [2.75, 3.05) is 43.2 Å². The number of rotatable bonds is 7. The molecule has 32 heavy (non-hydrogen) atoms. The fraction of sp³-hybridized carbons (Fsp3) is 0.450. The third kappa shape index (κ3) is 5.69. The van der Waals surface area contributed by atoms with Crippen LogP contribution >= 0.6 is 12.2 Å². The highest BCUT2D eigenvalue weighted by atomic mass is 32.1. The van der Waals surface area contributed by atoms with Crippen LogP contribution in [0.15, 0.2) is 23.3 Å². The van der Waals surface area contributed by atoms with E-state index in [1.165, 1.54) is 37.4 Å². The van der Waals surface area contributed by atoms with Gasteiger partial charge in [0.05, 0.1) is 31.6 Å². The lowest BCUT2D eigenvalue weighted by molar-refractivity contribution is -0.150. The number of thiocarbonyl (C=S) groups is 1. The third-order valence-electron chi connectivity index (χ3n) is 4.89. The highest BCUT2D eigenvalue weighted by molar-refractivity contribution is 7.80. The first-order valence-electron chi connectivity index (χ1n) is 9.87. The SMILES string of the molecule is COC(=S)CC[C@H]1CN(c2ccc(N3C=NN(C(=O)COC(C)=O)CC3)c(F)c2)C(=O)O1. The number of carbonyl (C=O) groups is 3. The zero-order valence-corrected chi connectivity index (χ0v) is 18.5. The van der Waals surface area contributed by atoms with Gasteiger partial charge in [0, 0.05) is 19.9 Å². The molecule has 0 saturated carbocycles. The molecule has 12 heteroatoms. The van der Waals surface area contributed by atoms with E-state index in [9.17, 15) is 18.8 Å². The van der Waals surface area contributed by atoms with Crippen LogP contribution in [0.1, 0.15) is 19.8 Å². The van der Waals surface area contributed by atoms with Crippen LogP contribution in [-0.4, -0.2) is 73.8 Å². The van der Waals surface area contributed by atoms with Crippen molar-refractivity contribution < 1.29 is 33.0 Å². The smallest absolute Gasteiger partial charge is 0.414 e. The van der Waals surface area contributed by atoms with Gasteiger partial charge in [-0.1, -0.05) is 0 Å². The first-order valence-corrected chi connectivity index (χ1v) is 10.3. The monoisotopic (exact) mass is 466 g/mol. The van der Waals surface area contributed by atoms with Crippen LogP contribution in [0.2, 0.25) is 0 Å². The summed E-state index contributed by atoms with van der Waals surface area (Å²) < 4.78 is 29.8. The van der Waals surface area contributed by atoms with E-state index in [1.807, 2.05) is 0 Å². The maximum Gasteiger partial charge on any atom is 0.414 e. The van der Waals surface area contributed by atoms with Gasteiger partial charge in [-0.25, -0.2) is 14.2 Å². The quantitative estimate of drug-likeness (QED) is 0.445. The molecule has 2 heterocycles. The van der Waals surface area contributed by atoms with Crippen molar-refractivity contribution in [2.45, 2.75) is 25.9 Å². The first-order chi connectivity index (χ1) is 15.3. The van der Waals surface area contributed by atoms with Crippen LogP contribution in [0.4, 0.5) is 20.6 Å². The number of ether oxygens (including phenoxy) is 3. The van der Waals surface area contributed by atoms with Gasteiger partial charge in [0.25, 0.3) is 5.91 Å². The molecule has 0 aromatic heterocycles. The van der Waals surface area contributed by atoms with Gasteiger partial charge < -0.3 is 19.1 Å². The molecule has 0 aliphatic carbocycles. The fourth-order valence-electron chi connectivity index (χ4n) is 3.21. The summed E-state index contributed by atoms with van der Waals surface area (Å²) in [7, 11) is 1.49. The predicted molar refractivity (Wildman–Crippen MR) is 117 cm³/mol. The third-order valence-corrected chi connectivity index (χ3v) is 5.27. The number of hydrogen-bond acceptors (Lipinski definition) is 9. The Hall–Kier alpha value is -3.28. The second-order valence-electron chi connectivity index (χ2n) is 7.09. The molecule has 1 fully saturated rings. The van der Waals surface area contributed by atoms with Gasteiger partial charge >= 0.3 is 12.1 Å². The van der Waals surface area contributed by atoms with Gasteiger partial charge in [-0.05, 0) is 36.8 Å². The van der Waals surface area contributed by atoms with Gasteiger partial charge in [-0.2, -0.15) is 5.10 Å². The Morgan fingerprint density at radius 3 is 2.75 bits per heavy atom. The number of cyclic esters (lactones) is 1. The highest BCUT2D eigenvalue weighted by Gasteiger charge is 2.33. The number of halogens is 1. The van der Waals surface area contributed by atoms with E-state index >= 15 is 0 Å². The maximum absolute atomic E-state index is 14.8. The molecule has 1 saturated heterocycles. The summed E-state index contributed by atoms with van der Waals surface area (Å²) in [5.74, 6) is -1.58. The van der Waals surface area contributed by atoms with Crippen molar-refractivity contribution in [3.05, 3.63) is 24.0 Å². The number of benzene rings is 1. The Labute approximate surface area is 189 Å². The number of esters is 1. The van der Waals surface area contributed by atoms with Gasteiger partial charge in [-0.15, -0.1) is 0 Å². The molecule has 0 spiro atoms. The van der Waals surface area contributed by atoms with Crippen molar-refractivity contribution in [3.63, 3.8) is 0 Å². The molecule has 2 aliphatic rings. The second kappa shape index (κ2) is 10.4. The molecule has 1 aromatic carbocycles. The highest BCUT2D eigenvalue weighted by Crippen LogP contribution is 2.29. The zero-order chi connectivity index (χ0) is 23.3. The van der Waals surface area contributed by atoms with E-state index in [0.717, 1.165) is 5.01 Å². The Balaban J connectivity index is 1.61. The molecule has 1 aromatic rings. The van der Waals surface area contributed by atoms with Crippen LogP contribution in [0, 0.1) is 5.82 Å². The van der Waals surface area contributed by atoms with Crippen LogP contribution in [-0.2, 0) is 23.8 Å². The molecule has 2 aliphatic heterocycles. The van der Waals surface area contributed by atoms with Gasteiger partial charge in [0.2, 0.25) is 0 Å². The minimum atomic E-state index is -0.560. The molecule has 3 rings (SSSR count). The van der Waals surface area contributed by atoms with Gasteiger partial charge in [0.15, 0.2) is 11.7 Å². The number of hydrazone groups is 1. The molecule has 1 atom stereocenters. The number of hydrogen-bond donors (Lipinski definition) is 0. The van der Waals surface area contributed by atoms with Gasteiger partial charge in [-0.3, -0.25) is 14.5 Å². The van der Waals surface area contributed by atoms with E-state index in [-0.39, 0.29) is 24.9 Å². The first kappa shape index (κ1) is 23.4. The molecule has 0 radical (unpaired) electrons. The fourth-order valence-corrected chi connectivity index (χ4v) is 3.33. The molecule has 10 nitrogen and oxygen atoms in total. The van der Waals surface area contributed by atoms with Crippen LogP contribution in [0.3, 0.4) is 0 Å². The summed E-state index contributed by atoms with van der Waals surface area (Å²) in [6.45, 7) is 1.58. The number of methoxy groups -OCH3 is 1. The molecular weight excluding hydrogens is 443 g/mol. The Morgan fingerprint density at radius 2 is 2.12 bits per heavy atom. The maximum atomic E-state index is 14.8. The molecule has 2 amide bonds. The van der Waals surface area contributed by atoms with E-state index < -0.39 is 30.4 Å². The topological polar surface area (TPSA) is 101 Å². The van der Waals surface area contributed by atoms with Crippen LogP contribution in [0.25, 0.3) is 0 Å². The Morgan fingerprint density at radius 1 is 1.34 bits per heavy atom. The number of carbonyl (C=O) groups excluding carboxylic acids is 3. The lowest BCUT2D eigenvalue weighted by atomic mass is 10.2. The molecule has 172 valence electrons. The lowest BCUT2D eigenvalue weighted by Crippen LogP contribution is -2.42. The summed E-state index contributed by atoms with van der Waals surface area (Å²) >= 11 is 5.00.